The zero-order chi connectivity index (χ0) is 20.4. The first-order valence-electron chi connectivity index (χ1n) is 8.86. The SMILES string of the molecule is CCOC(=O)NC(NC(=O)OCC)c1cc(Br)ccc1OCc1ccccc1. The molecule has 0 aliphatic carbocycles. The summed E-state index contributed by atoms with van der Waals surface area (Å²) in [7, 11) is 0. The molecule has 0 spiro atoms. The predicted octanol–water partition coefficient (Wildman–Crippen LogP) is 4.52. The number of nitrogens with one attached hydrogen (secondary N) is 2. The van der Waals surface area contributed by atoms with Crippen molar-refractivity contribution in [3.8, 4) is 5.75 Å². The molecule has 0 saturated heterocycles. The minimum atomic E-state index is -0.902. The summed E-state index contributed by atoms with van der Waals surface area (Å²) in [6, 6.07) is 15.0. The zero-order valence-corrected chi connectivity index (χ0v) is 17.3. The molecule has 2 aromatic rings. The summed E-state index contributed by atoms with van der Waals surface area (Å²) < 4.78 is 16.6. The molecule has 8 heteroatoms. The van der Waals surface area contributed by atoms with Crippen LogP contribution in [0.25, 0.3) is 0 Å². The quantitative estimate of drug-likeness (QED) is 0.577. The topological polar surface area (TPSA) is 85.9 Å². The second-order valence-electron chi connectivity index (χ2n) is 5.62. The normalized spacial score (nSPS) is 10.3. The van der Waals surface area contributed by atoms with Crippen molar-refractivity contribution in [2.45, 2.75) is 26.6 Å². The molecule has 0 aliphatic heterocycles. The first-order valence-corrected chi connectivity index (χ1v) is 9.65. The van der Waals surface area contributed by atoms with Crippen molar-refractivity contribution < 1.29 is 23.8 Å². The molecule has 2 rings (SSSR count). The fraction of sp³-hybridized carbons (Fsp3) is 0.300. The van der Waals surface area contributed by atoms with Crippen molar-refractivity contribution in [1.82, 2.24) is 10.6 Å². The van der Waals surface area contributed by atoms with E-state index in [4.69, 9.17) is 14.2 Å². The zero-order valence-electron chi connectivity index (χ0n) is 15.7. The average Bonchev–Trinajstić information content (AvgIpc) is 2.67. The lowest BCUT2D eigenvalue weighted by Gasteiger charge is -2.22. The summed E-state index contributed by atoms with van der Waals surface area (Å²) >= 11 is 3.41. The number of rotatable bonds is 8. The number of carbonyl (C=O) groups is 2. The van der Waals surface area contributed by atoms with Gasteiger partial charge in [-0.15, -0.1) is 0 Å². The van der Waals surface area contributed by atoms with Gasteiger partial charge in [0.05, 0.1) is 13.2 Å². The van der Waals surface area contributed by atoms with Gasteiger partial charge in [-0.2, -0.15) is 0 Å². The van der Waals surface area contributed by atoms with Crippen LogP contribution in [0, 0.1) is 0 Å². The van der Waals surface area contributed by atoms with Crippen molar-refractivity contribution in [1.29, 1.82) is 0 Å². The van der Waals surface area contributed by atoms with E-state index >= 15 is 0 Å². The van der Waals surface area contributed by atoms with E-state index in [2.05, 4.69) is 26.6 Å². The molecule has 0 aliphatic rings. The molecule has 0 atom stereocenters. The molecule has 0 radical (unpaired) electrons. The minimum absolute atomic E-state index is 0.202. The van der Waals surface area contributed by atoms with Crippen LogP contribution >= 0.6 is 15.9 Å². The molecule has 150 valence electrons. The summed E-state index contributed by atoms with van der Waals surface area (Å²) in [5, 5.41) is 5.23. The van der Waals surface area contributed by atoms with E-state index in [1.165, 1.54) is 0 Å². The van der Waals surface area contributed by atoms with Gasteiger partial charge < -0.3 is 14.2 Å². The molecule has 0 unspecified atom stereocenters. The lowest BCUT2D eigenvalue weighted by atomic mass is 10.1. The lowest BCUT2D eigenvalue weighted by molar-refractivity contribution is 0.134. The standard InChI is InChI=1S/C20H23BrN2O5/c1-3-26-19(24)22-18(23-20(25)27-4-2)16-12-15(21)10-11-17(16)28-13-14-8-6-5-7-9-14/h5-12,18H,3-4,13H2,1-2H3,(H,22,24)(H,23,25). The smallest absolute Gasteiger partial charge is 0.409 e. The van der Waals surface area contributed by atoms with Crippen LogP contribution in [-0.2, 0) is 16.1 Å². The number of benzene rings is 2. The molecule has 28 heavy (non-hydrogen) atoms. The predicted molar refractivity (Wildman–Crippen MR) is 108 cm³/mol. The molecule has 0 bridgehead atoms. The molecule has 2 aromatic carbocycles. The van der Waals surface area contributed by atoms with Gasteiger partial charge in [-0.05, 0) is 37.6 Å². The average molecular weight is 451 g/mol. The van der Waals surface area contributed by atoms with Crippen LogP contribution in [0.3, 0.4) is 0 Å². The number of hydrogen-bond acceptors (Lipinski definition) is 5. The third-order valence-electron chi connectivity index (χ3n) is 3.60. The minimum Gasteiger partial charge on any atom is -0.488 e. The van der Waals surface area contributed by atoms with Gasteiger partial charge in [0.15, 0.2) is 0 Å². The Labute approximate surface area is 172 Å². The fourth-order valence-electron chi connectivity index (χ4n) is 2.38. The number of alkyl carbamates (subject to hydrolysis) is 2. The van der Waals surface area contributed by atoms with Crippen LogP contribution < -0.4 is 15.4 Å². The second kappa shape index (κ2) is 11.2. The fourth-order valence-corrected chi connectivity index (χ4v) is 2.76. The summed E-state index contributed by atoms with van der Waals surface area (Å²) in [5.41, 5.74) is 1.54. The van der Waals surface area contributed by atoms with Crippen molar-refractivity contribution in [2.24, 2.45) is 0 Å². The number of hydrogen-bond donors (Lipinski definition) is 2. The van der Waals surface area contributed by atoms with Gasteiger partial charge >= 0.3 is 12.2 Å². The maximum atomic E-state index is 12.0. The van der Waals surface area contributed by atoms with Crippen LogP contribution in [0.2, 0.25) is 0 Å². The molecule has 0 aromatic heterocycles. The van der Waals surface area contributed by atoms with E-state index < -0.39 is 18.4 Å². The molecule has 0 saturated carbocycles. The Balaban J connectivity index is 2.26. The van der Waals surface area contributed by atoms with Gasteiger partial charge in [-0.25, -0.2) is 9.59 Å². The van der Waals surface area contributed by atoms with E-state index in [1.54, 1.807) is 26.0 Å². The van der Waals surface area contributed by atoms with E-state index in [1.807, 2.05) is 36.4 Å². The van der Waals surface area contributed by atoms with Gasteiger partial charge in [0.2, 0.25) is 0 Å². The summed E-state index contributed by atoms with van der Waals surface area (Å²) in [6.45, 7) is 4.13. The van der Waals surface area contributed by atoms with Crippen LogP contribution in [0.5, 0.6) is 5.75 Å². The Bertz CT molecular complexity index is 765. The summed E-state index contributed by atoms with van der Waals surface area (Å²) in [6.07, 6.45) is -2.24. The Kier molecular flexibility index (Phi) is 8.61. The van der Waals surface area contributed by atoms with Crippen molar-refractivity contribution >= 4 is 28.1 Å². The molecule has 0 heterocycles. The maximum Gasteiger partial charge on any atom is 0.409 e. The highest BCUT2D eigenvalue weighted by Gasteiger charge is 2.22. The molecular weight excluding hydrogens is 428 g/mol. The van der Waals surface area contributed by atoms with Gasteiger partial charge in [0, 0.05) is 10.0 Å². The third-order valence-corrected chi connectivity index (χ3v) is 4.09. The number of ether oxygens (including phenoxy) is 3. The number of amides is 2. The Morgan fingerprint density at radius 1 is 0.964 bits per heavy atom. The van der Waals surface area contributed by atoms with Crippen LogP contribution in [0.15, 0.2) is 53.0 Å². The molecule has 2 N–H and O–H groups in total. The van der Waals surface area contributed by atoms with Gasteiger partial charge in [0.1, 0.15) is 18.5 Å². The van der Waals surface area contributed by atoms with Crippen LogP contribution in [0.1, 0.15) is 31.1 Å². The first-order chi connectivity index (χ1) is 13.5. The monoisotopic (exact) mass is 450 g/mol. The highest BCUT2D eigenvalue weighted by Crippen LogP contribution is 2.28. The largest absolute Gasteiger partial charge is 0.488 e. The Morgan fingerprint density at radius 2 is 1.57 bits per heavy atom. The molecule has 0 fully saturated rings. The molecule has 7 nitrogen and oxygen atoms in total. The summed E-state index contributed by atoms with van der Waals surface area (Å²) in [5.74, 6) is 0.505. The lowest BCUT2D eigenvalue weighted by Crippen LogP contribution is -2.41. The Morgan fingerprint density at radius 3 is 2.14 bits per heavy atom. The van der Waals surface area contributed by atoms with Gasteiger partial charge in [-0.1, -0.05) is 46.3 Å². The van der Waals surface area contributed by atoms with E-state index in [9.17, 15) is 9.59 Å². The van der Waals surface area contributed by atoms with Gasteiger partial charge in [0.25, 0.3) is 0 Å². The second-order valence-corrected chi connectivity index (χ2v) is 6.53. The van der Waals surface area contributed by atoms with Crippen molar-refractivity contribution in [2.75, 3.05) is 13.2 Å². The summed E-state index contributed by atoms with van der Waals surface area (Å²) in [4.78, 5) is 23.9. The maximum absolute atomic E-state index is 12.0. The highest BCUT2D eigenvalue weighted by molar-refractivity contribution is 9.10. The highest BCUT2D eigenvalue weighted by atomic mass is 79.9. The van der Waals surface area contributed by atoms with E-state index in [-0.39, 0.29) is 13.2 Å². The number of halogens is 1. The van der Waals surface area contributed by atoms with Crippen molar-refractivity contribution in [3.63, 3.8) is 0 Å². The van der Waals surface area contributed by atoms with Gasteiger partial charge in [-0.3, -0.25) is 10.6 Å². The first kappa shape index (κ1) is 21.6. The van der Waals surface area contributed by atoms with Crippen LogP contribution in [0.4, 0.5) is 9.59 Å². The molecule has 2 amide bonds. The van der Waals surface area contributed by atoms with Crippen molar-refractivity contribution in [3.05, 3.63) is 64.1 Å². The number of carbonyl (C=O) groups excluding carboxylic acids is 2. The van der Waals surface area contributed by atoms with Crippen LogP contribution in [-0.4, -0.2) is 25.4 Å². The molecular formula is C20H23BrN2O5. The third kappa shape index (κ3) is 6.77. The van der Waals surface area contributed by atoms with E-state index in [0.717, 1.165) is 10.0 Å². The Hall–Kier alpha value is -2.74. The van der Waals surface area contributed by atoms with E-state index in [0.29, 0.717) is 17.9 Å².